The summed E-state index contributed by atoms with van der Waals surface area (Å²) in [6, 6.07) is -0.600. The van der Waals surface area contributed by atoms with Crippen LogP contribution in [0.2, 0.25) is 0 Å². The second kappa shape index (κ2) is 6.80. The SMILES string of the molecule is CCC(C)NC(=O)NC(=O)CCC(=O)O. The highest BCUT2D eigenvalue weighted by Crippen LogP contribution is 1.90. The van der Waals surface area contributed by atoms with Crippen molar-refractivity contribution in [2.45, 2.75) is 39.2 Å². The number of hydrogen-bond donors (Lipinski definition) is 3. The molecule has 0 aliphatic heterocycles. The van der Waals surface area contributed by atoms with Gasteiger partial charge in [0.1, 0.15) is 0 Å². The van der Waals surface area contributed by atoms with E-state index >= 15 is 0 Å². The molecule has 0 heterocycles. The Kier molecular flexibility index (Phi) is 6.08. The lowest BCUT2D eigenvalue weighted by molar-refractivity contribution is -0.138. The van der Waals surface area contributed by atoms with Crippen LogP contribution in [0.15, 0.2) is 0 Å². The van der Waals surface area contributed by atoms with Gasteiger partial charge in [0.2, 0.25) is 5.91 Å². The molecular formula is C9H16N2O4. The summed E-state index contributed by atoms with van der Waals surface area (Å²) in [6.07, 6.45) is 0.294. The van der Waals surface area contributed by atoms with Crippen LogP contribution in [0.4, 0.5) is 4.79 Å². The Morgan fingerprint density at radius 1 is 1.27 bits per heavy atom. The van der Waals surface area contributed by atoms with E-state index < -0.39 is 17.9 Å². The normalized spacial score (nSPS) is 11.6. The van der Waals surface area contributed by atoms with Crippen molar-refractivity contribution in [1.29, 1.82) is 0 Å². The van der Waals surface area contributed by atoms with Gasteiger partial charge in [0.25, 0.3) is 0 Å². The van der Waals surface area contributed by atoms with Crippen LogP contribution in [0.5, 0.6) is 0 Å². The molecule has 0 spiro atoms. The van der Waals surface area contributed by atoms with Crippen molar-refractivity contribution in [3.8, 4) is 0 Å². The lowest BCUT2D eigenvalue weighted by Crippen LogP contribution is -2.43. The number of aliphatic carboxylic acids is 1. The van der Waals surface area contributed by atoms with Crippen molar-refractivity contribution in [1.82, 2.24) is 10.6 Å². The standard InChI is InChI=1S/C9H16N2O4/c1-3-6(2)10-9(15)11-7(12)4-5-8(13)14/h6H,3-5H2,1-2H3,(H,13,14)(H2,10,11,12,15). The fourth-order valence-corrected chi connectivity index (χ4v) is 0.772. The molecule has 3 amide bonds. The van der Waals surface area contributed by atoms with Gasteiger partial charge in [-0.3, -0.25) is 14.9 Å². The maximum absolute atomic E-state index is 11.1. The van der Waals surface area contributed by atoms with E-state index in [2.05, 4.69) is 5.32 Å². The third kappa shape index (κ3) is 7.48. The van der Waals surface area contributed by atoms with Crippen LogP contribution < -0.4 is 10.6 Å². The molecule has 6 heteroatoms. The molecule has 86 valence electrons. The van der Waals surface area contributed by atoms with Crippen LogP contribution in [0.25, 0.3) is 0 Å². The zero-order valence-corrected chi connectivity index (χ0v) is 8.87. The maximum Gasteiger partial charge on any atom is 0.321 e. The van der Waals surface area contributed by atoms with Gasteiger partial charge in [-0.05, 0) is 13.3 Å². The third-order valence-corrected chi connectivity index (χ3v) is 1.81. The monoisotopic (exact) mass is 216 g/mol. The Balaban J connectivity index is 3.76. The molecular weight excluding hydrogens is 200 g/mol. The minimum absolute atomic E-state index is 0.0164. The number of carboxylic acid groups (broad SMARTS) is 1. The molecule has 0 aromatic carbocycles. The first-order valence-electron chi connectivity index (χ1n) is 4.77. The van der Waals surface area contributed by atoms with E-state index in [1.54, 1.807) is 6.92 Å². The zero-order valence-electron chi connectivity index (χ0n) is 8.87. The molecule has 0 fully saturated rings. The third-order valence-electron chi connectivity index (χ3n) is 1.81. The van der Waals surface area contributed by atoms with Gasteiger partial charge in [-0.15, -0.1) is 0 Å². The van der Waals surface area contributed by atoms with Crippen LogP contribution in [-0.4, -0.2) is 29.1 Å². The van der Waals surface area contributed by atoms with Crippen molar-refractivity contribution >= 4 is 17.9 Å². The minimum Gasteiger partial charge on any atom is -0.481 e. The summed E-state index contributed by atoms with van der Waals surface area (Å²) in [7, 11) is 0. The van der Waals surface area contributed by atoms with E-state index in [1.807, 2.05) is 12.2 Å². The van der Waals surface area contributed by atoms with Gasteiger partial charge in [-0.1, -0.05) is 6.92 Å². The molecule has 0 aliphatic carbocycles. The van der Waals surface area contributed by atoms with Crippen LogP contribution in [0, 0.1) is 0 Å². The van der Waals surface area contributed by atoms with Gasteiger partial charge < -0.3 is 10.4 Å². The lowest BCUT2D eigenvalue weighted by atomic mass is 10.3. The van der Waals surface area contributed by atoms with E-state index in [9.17, 15) is 14.4 Å². The maximum atomic E-state index is 11.1. The van der Waals surface area contributed by atoms with Crippen molar-refractivity contribution in [3.05, 3.63) is 0 Å². The van der Waals surface area contributed by atoms with Crippen molar-refractivity contribution in [2.75, 3.05) is 0 Å². The summed E-state index contributed by atoms with van der Waals surface area (Å²) in [4.78, 5) is 32.2. The molecule has 0 radical (unpaired) electrons. The molecule has 0 aromatic heterocycles. The molecule has 0 rings (SSSR count). The average molecular weight is 216 g/mol. The molecule has 0 saturated carbocycles. The van der Waals surface area contributed by atoms with Gasteiger partial charge in [-0.25, -0.2) is 4.79 Å². The number of amides is 3. The van der Waals surface area contributed by atoms with Crippen molar-refractivity contribution in [3.63, 3.8) is 0 Å². The lowest BCUT2D eigenvalue weighted by Gasteiger charge is -2.11. The summed E-state index contributed by atoms with van der Waals surface area (Å²) in [6.45, 7) is 3.71. The quantitative estimate of drug-likeness (QED) is 0.622. The summed E-state index contributed by atoms with van der Waals surface area (Å²) < 4.78 is 0. The number of nitrogens with one attached hydrogen (secondary N) is 2. The molecule has 0 aromatic rings. The van der Waals surface area contributed by atoms with Crippen LogP contribution >= 0.6 is 0 Å². The second-order valence-corrected chi connectivity index (χ2v) is 3.22. The first-order chi connectivity index (χ1) is 6.95. The zero-order chi connectivity index (χ0) is 11.8. The number of carbonyl (C=O) groups excluding carboxylic acids is 2. The minimum atomic E-state index is -1.06. The van der Waals surface area contributed by atoms with Gasteiger partial charge in [0.05, 0.1) is 6.42 Å². The Hall–Kier alpha value is -1.59. The molecule has 3 N–H and O–H groups in total. The molecule has 1 atom stereocenters. The first kappa shape index (κ1) is 13.4. The second-order valence-electron chi connectivity index (χ2n) is 3.22. The Morgan fingerprint density at radius 3 is 2.33 bits per heavy atom. The Labute approximate surface area is 88.0 Å². The average Bonchev–Trinajstić information content (AvgIpc) is 2.14. The highest BCUT2D eigenvalue weighted by atomic mass is 16.4. The molecule has 0 bridgehead atoms. The van der Waals surface area contributed by atoms with E-state index in [-0.39, 0.29) is 18.9 Å². The van der Waals surface area contributed by atoms with Crippen molar-refractivity contribution < 1.29 is 19.5 Å². The largest absolute Gasteiger partial charge is 0.481 e. The van der Waals surface area contributed by atoms with Gasteiger partial charge in [0, 0.05) is 12.5 Å². The molecule has 6 nitrogen and oxygen atoms in total. The predicted molar refractivity (Wildman–Crippen MR) is 53.3 cm³/mol. The molecule has 1 unspecified atom stereocenters. The summed E-state index contributed by atoms with van der Waals surface area (Å²) in [5.41, 5.74) is 0. The van der Waals surface area contributed by atoms with E-state index in [4.69, 9.17) is 5.11 Å². The summed E-state index contributed by atoms with van der Waals surface area (Å²) in [5, 5.41) is 12.9. The fourth-order valence-electron chi connectivity index (χ4n) is 0.772. The number of hydrogen-bond acceptors (Lipinski definition) is 3. The highest BCUT2D eigenvalue weighted by Gasteiger charge is 2.10. The first-order valence-corrected chi connectivity index (χ1v) is 4.77. The predicted octanol–water partition coefficient (Wildman–Crippen LogP) is 0.475. The Morgan fingerprint density at radius 2 is 1.87 bits per heavy atom. The molecule has 15 heavy (non-hydrogen) atoms. The van der Waals surface area contributed by atoms with E-state index in [0.717, 1.165) is 6.42 Å². The van der Waals surface area contributed by atoms with Crippen LogP contribution in [0.3, 0.4) is 0 Å². The van der Waals surface area contributed by atoms with Gasteiger partial charge in [0.15, 0.2) is 0 Å². The van der Waals surface area contributed by atoms with E-state index in [0.29, 0.717) is 0 Å². The van der Waals surface area contributed by atoms with Gasteiger partial charge in [-0.2, -0.15) is 0 Å². The molecule has 0 saturated heterocycles. The number of carboxylic acids is 1. The fraction of sp³-hybridized carbons (Fsp3) is 0.667. The number of rotatable bonds is 5. The molecule has 0 aliphatic rings. The summed E-state index contributed by atoms with van der Waals surface area (Å²) in [5.74, 6) is -1.65. The van der Waals surface area contributed by atoms with Crippen molar-refractivity contribution in [2.24, 2.45) is 0 Å². The highest BCUT2D eigenvalue weighted by molar-refractivity contribution is 5.95. The summed E-state index contributed by atoms with van der Waals surface area (Å²) >= 11 is 0. The van der Waals surface area contributed by atoms with Crippen LogP contribution in [-0.2, 0) is 9.59 Å². The Bertz CT molecular complexity index is 252. The smallest absolute Gasteiger partial charge is 0.321 e. The van der Waals surface area contributed by atoms with Gasteiger partial charge >= 0.3 is 12.0 Å². The van der Waals surface area contributed by atoms with E-state index in [1.165, 1.54) is 0 Å². The number of imide groups is 1. The van der Waals surface area contributed by atoms with Crippen LogP contribution in [0.1, 0.15) is 33.1 Å². The number of carbonyl (C=O) groups is 3. The topological polar surface area (TPSA) is 95.5 Å². The number of urea groups is 1.